The predicted octanol–water partition coefficient (Wildman–Crippen LogP) is 1.54. The maximum atomic E-state index is 10.1. The molecule has 0 atom stereocenters. The van der Waals surface area contributed by atoms with Crippen LogP contribution < -0.4 is 0 Å². The van der Waals surface area contributed by atoms with Crippen molar-refractivity contribution in [2.24, 2.45) is 0 Å². The Balaban J connectivity index is 3.09. The summed E-state index contributed by atoms with van der Waals surface area (Å²) in [6.45, 7) is 7.70. The number of unbranched alkanes of at least 4 members (excludes halogenated alkanes) is 1. The fraction of sp³-hybridized carbons (Fsp3) is 1.00. The van der Waals surface area contributed by atoms with E-state index in [0.717, 1.165) is 32.5 Å². The highest BCUT2D eigenvalue weighted by Crippen LogP contribution is 1.93. The molecule has 0 saturated carbocycles. The standard InChI is InChI=1S/C8H18NO/c1-3-9(4-2)7-5-6-8-10/h3-8H2,1-2H3. The van der Waals surface area contributed by atoms with E-state index in [1.54, 1.807) is 0 Å². The van der Waals surface area contributed by atoms with Crippen molar-refractivity contribution in [3.8, 4) is 0 Å². The van der Waals surface area contributed by atoms with Gasteiger partial charge in [0.15, 0.2) is 0 Å². The van der Waals surface area contributed by atoms with Gasteiger partial charge >= 0.3 is 0 Å². The molecule has 0 saturated heterocycles. The average Bonchev–Trinajstić information content (AvgIpc) is 1.99. The van der Waals surface area contributed by atoms with Gasteiger partial charge in [-0.1, -0.05) is 13.8 Å². The molecule has 0 aliphatic heterocycles. The highest BCUT2D eigenvalue weighted by atomic mass is 16.2. The smallest absolute Gasteiger partial charge is 0.0822 e. The van der Waals surface area contributed by atoms with Gasteiger partial charge in [0.05, 0.1) is 6.61 Å². The van der Waals surface area contributed by atoms with Gasteiger partial charge < -0.3 is 4.90 Å². The number of hydrogen-bond donors (Lipinski definition) is 0. The van der Waals surface area contributed by atoms with Crippen LogP contribution in [-0.2, 0) is 5.11 Å². The van der Waals surface area contributed by atoms with Crippen molar-refractivity contribution < 1.29 is 5.11 Å². The van der Waals surface area contributed by atoms with E-state index in [2.05, 4.69) is 18.7 Å². The van der Waals surface area contributed by atoms with Crippen molar-refractivity contribution in [1.29, 1.82) is 0 Å². The Labute approximate surface area is 63.8 Å². The molecule has 0 unspecified atom stereocenters. The molecule has 0 rings (SSSR count). The topological polar surface area (TPSA) is 23.1 Å². The summed E-state index contributed by atoms with van der Waals surface area (Å²) in [5.41, 5.74) is 0. The molecule has 2 heteroatoms. The van der Waals surface area contributed by atoms with Crippen LogP contribution in [0.2, 0.25) is 0 Å². The number of hydrogen-bond acceptors (Lipinski definition) is 1. The molecule has 0 bridgehead atoms. The Morgan fingerprint density at radius 2 is 1.70 bits per heavy atom. The van der Waals surface area contributed by atoms with E-state index in [1.807, 2.05) is 0 Å². The van der Waals surface area contributed by atoms with Gasteiger partial charge in [-0.25, -0.2) is 5.11 Å². The molecule has 0 fully saturated rings. The zero-order valence-corrected chi connectivity index (χ0v) is 7.10. The van der Waals surface area contributed by atoms with Gasteiger partial charge in [0.2, 0.25) is 0 Å². The molecule has 0 aromatic rings. The van der Waals surface area contributed by atoms with Crippen LogP contribution in [-0.4, -0.2) is 31.1 Å². The van der Waals surface area contributed by atoms with Crippen LogP contribution in [0.1, 0.15) is 26.7 Å². The third-order valence-corrected chi connectivity index (χ3v) is 1.76. The Bertz CT molecular complexity index is 62.3. The molecular weight excluding hydrogens is 126 g/mol. The Morgan fingerprint density at radius 1 is 1.10 bits per heavy atom. The van der Waals surface area contributed by atoms with Gasteiger partial charge in [-0.3, -0.25) is 0 Å². The van der Waals surface area contributed by atoms with E-state index < -0.39 is 0 Å². The molecule has 0 heterocycles. The van der Waals surface area contributed by atoms with Crippen molar-refractivity contribution >= 4 is 0 Å². The van der Waals surface area contributed by atoms with E-state index in [1.165, 1.54) is 0 Å². The van der Waals surface area contributed by atoms with E-state index in [4.69, 9.17) is 0 Å². The predicted molar refractivity (Wildman–Crippen MR) is 42.6 cm³/mol. The first-order valence-electron chi connectivity index (χ1n) is 4.15. The molecule has 61 valence electrons. The summed E-state index contributed by atoms with van der Waals surface area (Å²) in [5.74, 6) is 0. The van der Waals surface area contributed by atoms with Crippen LogP contribution in [0.15, 0.2) is 0 Å². The van der Waals surface area contributed by atoms with Crippen molar-refractivity contribution in [3.05, 3.63) is 0 Å². The molecule has 0 amide bonds. The molecular formula is C8H18NO. The monoisotopic (exact) mass is 144 g/mol. The zero-order valence-electron chi connectivity index (χ0n) is 7.10. The first-order chi connectivity index (χ1) is 4.85. The summed E-state index contributed by atoms with van der Waals surface area (Å²) < 4.78 is 0. The summed E-state index contributed by atoms with van der Waals surface area (Å²) in [6, 6.07) is 0. The molecule has 0 N–H and O–H groups in total. The van der Waals surface area contributed by atoms with Gasteiger partial charge in [0.25, 0.3) is 0 Å². The van der Waals surface area contributed by atoms with Crippen molar-refractivity contribution in [3.63, 3.8) is 0 Å². The van der Waals surface area contributed by atoms with Gasteiger partial charge in [-0.05, 0) is 32.5 Å². The molecule has 10 heavy (non-hydrogen) atoms. The second kappa shape index (κ2) is 7.03. The van der Waals surface area contributed by atoms with E-state index in [9.17, 15) is 5.11 Å². The molecule has 0 spiro atoms. The second-order valence-electron chi connectivity index (χ2n) is 2.44. The SMILES string of the molecule is CCN(CC)CCCC[O]. The van der Waals surface area contributed by atoms with Crippen LogP contribution in [0.3, 0.4) is 0 Å². The van der Waals surface area contributed by atoms with Crippen molar-refractivity contribution in [2.75, 3.05) is 26.2 Å². The largest absolute Gasteiger partial charge is 0.304 e. The summed E-state index contributed by atoms with van der Waals surface area (Å²) in [6.07, 6.45) is 1.89. The third kappa shape index (κ3) is 4.77. The summed E-state index contributed by atoms with van der Waals surface area (Å²) in [7, 11) is 0. The fourth-order valence-corrected chi connectivity index (χ4v) is 0.977. The minimum Gasteiger partial charge on any atom is -0.304 e. The van der Waals surface area contributed by atoms with E-state index >= 15 is 0 Å². The maximum absolute atomic E-state index is 10.1. The van der Waals surface area contributed by atoms with Crippen LogP contribution >= 0.6 is 0 Å². The molecule has 2 nitrogen and oxygen atoms in total. The highest BCUT2D eigenvalue weighted by molar-refractivity contribution is 4.51. The first-order valence-corrected chi connectivity index (χ1v) is 4.15. The average molecular weight is 144 g/mol. The quantitative estimate of drug-likeness (QED) is 0.518. The fourth-order valence-electron chi connectivity index (χ4n) is 0.977. The van der Waals surface area contributed by atoms with Gasteiger partial charge in [-0.15, -0.1) is 0 Å². The van der Waals surface area contributed by atoms with Crippen LogP contribution in [0.5, 0.6) is 0 Å². The first kappa shape index (κ1) is 9.92. The molecule has 0 aliphatic rings. The summed E-state index contributed by atoms with van der Waals surface area (Å²) in [4.78, 5) is 2.34. The van der Waals surface area contributed by atoms with E-state index in [-0.39, 0.29) is 6.61 Å². The van der Waals surface area contributed by atoms with Crippen LogP contribution in [0, 0.1) is 0 Å². The summed E-state index contributed by atoms with van der Waals surface area (Å²) in [5, 5.41) is 10.1. The Kier molecular flexibility index (Phi) is 6.98. The molecule has 0 aromatic carbocycles. The lowest BCUT2D eigenvalue weighted by molar-refractivity contribution is 0.179. The van der Waals surface area contributed by atoms with Crippen LogP contribution in [0.25, 0.3) is 0 Å². The van der Waals surface area contributed by atoms with Crippen molar-refractivity contribution in [1.82, 2.24) is 4.90 Å². The van der Waals surface area contributed by atoms with E-state index in [0.29, 0.717) is 0 Å². The Morgan fingerprint density at radius 3 is 2.10 bits per heavy atom. The lowest BCUT2D eigenvalue weighted by Gasteiger charge is -2.16. The minimum absolute atomic E-state index is 0.0846. The van der Waals surface area contributed by atoms with Crippen molar-refractivity contribution in [2.45, 2.75) is 26.7 Å². The third-order valence-electron chi connectivity index (χ3n) is 1.76. The van der Waals surface area contributed by atoms with Gasteiger partial charge in [0.1, 0.15) is 0 Å². The zero-order chi connectivity index (χ0) is 7.82. The highest BCUT2D eigenvalue weighted by Gasteiger charge is 1.96. The van der Waals surface area contributed by atoms with Crippen LogP contribution in [0.4, 0.5) is 0 Å². The minimum atomic E-state index is 0.0846. The van der Waals surface area contributed by atoms with Gasteiger partial charge in [-0.2, -0.15) is 0 Å². The lowest BCUT2D eigenvalue weighted by atomic mass is 10.3. The number of nitrogens with zero attached hydrogens (tertiary/aromatic N) is 1. The second-order valence-corrected chi connectivity index (χ2v) is 2.44. The Hall–Kier alpha value is -0.0800. The summed E-state index contributed by atoms with van der Waals surface area (Å²) >= 11 is 0. The van der Waals surface area contributed by atoms with Gasteiger partial charge in [0, 0.05) is 0 Å². The maximum Gasteiger partial charge on any atom is 0.0822 e. The normalized spacial score (nSPS) is 10.8. The lowest BCUT2D eigenvalue weighted by Crippen LogP contribution is -2.23. The molecule has 1 radical (unpaired) electrons. The molecule has 0 aliphatic carbocycles. The molecule has 0 aromatic heterocycles. The number of rotatable bonds is 6.